The Bertz CT molecular complexity index is 729. The van der Waals surface area contributed by atoms with Crippen molar-refractivity contribution in [2.75, 3.05) is 5.75 Å². The Labute approximate surface area is 153 Å². The number of thioether (sulfide) groups is 1. The summed E-state index contributed by atoms with van der Waals surface area (Å²) >= 11 is 1.32. The maximum Gasteiger partial charge on any atom is 0.277 e. The normalized spacial score (nSPS) is 20.7. The molecule has 3 rings (SSSR count). The van der Waals surface area contributed by atoms with Crippen molar-refractivity contribution in [1.82, 2.24) is 15.1 Å². The molecule has 1 amide bonds. The lowest BCUT2D eigenvalue weighted by atomic mass is 9.98. The molecule has 0 saturated carbocycles. The summed E-state index contributed by atoms with van der Waals surface area (Å²) < 4.78 is 5.74. The molecule has 0 bridgehead atoms. The first-order valence-electron chi connectivity index (χ1n) is 8.80. The first-order valence-corrected chi connectivity index (χ1v) is 9.78. The van der Waals surface area contributed by atoms with E-state index in [9.17, 15) is 4.79 Å². The van der Waals surface area contributed by atoms with E-state index in [1.54, 1.807) is 0 Å². The van der Waals surface area contributed by atoms with Crippen molar-refractivity contribution in [1.29, 1.82) is 0 Å². The van der Waals surface area contributed by atoms with Crippen LogP contribution in [0.3, 0.4) is 0 Å². The Kier molecular flexibility index (Phi) is 5.47. The van der Waals surface area contributed by atoms with E-state index >= 15 is 0 Å². The molecule has 134 valence electrons. The van der Waals surface area contributed by atoms with Gasteiger partial charge in [-0.25, -0.2) is 0 Å². The van der Waals surface area contributed by atoms with E-state index in [4.69, 9.17) is 4.42 Å². The smallest absolute Gasteiger partial charge is 0.277 e. The van der Waals surface area contributed by atoms with Crippen LogP contribution in [0.4, 0.5) is 0 Å². The van der Waals surface area contributed by atoms with Gasteiger partial charge >= 0.3 is 0 Å². The van der Waals surface area contributed by atoms with Gasteiger partial charge in [0.2, 0.25) is 11.8 Å². The molecule has 2 atom stereocenters. The molecule has 1 aliphatic rings. The Morgan fingerprint density at radius 2 is 1.80 bits per heavy atom. The molecule has 0 unspecified atom stereocenters. The minimum absolute atomic E-state index is 0.149. The zero-order valence-corrected chi connectivity index (χ0v) is 16.1. The molecule has 1 fully saturated rings. The summed E-state index contributed by atoms with van der Waals surface area (Å²) in [6.07, 6.45) is 3.36. The number of aryl methyl sites for hydroxylation is 2. The number of carbonyl (C=O) groups excluding carboxylic acids is 1. The molecule has 0 aliphatic carbocycles. The molecular formula is C19H25N3O2S. The first kappa shape index (κ1) is 18.0. The van der Waals surface area contributed by atoms with Crippen molar-refractivity contribution in [2.24, 2.45) is 0 Å². The minimum atomic E-state index is 0.149. The lowest BCUT2D eigenvalue weighted by Gasteiger charge is -2.39. The van der Waals surface area contributed by atoms with Crippen LogP contribution in [0.1, 0.15) is 44.2 Å². The molecule has 1 aliphatic heterocycles. The van der Waals surface area contributed by atoms with Crippen molar-refractivity contribution in [3.63, 3.8) is 0 Å². The number of rotatable bonds is 4. The van der Waals surface area contributed by atoms with Gasteiger partial charge in [0.25, 0.3) is 5.22 Å². The van der Waals surface area contributed by atoms with Gasteiger partial charge in [0.15, 0.2) is 0 Å². The molecule has 0 N–H and O–H groups in total. The van der Waals surface area contributed by atoms with Crippen LogP contribution in [0.15, 0.2) is 27.8 Å². The molecule has 0 spiro atoms. The van der Waals surface area contributed by atoms with Crippen molar-refractivity contribution >= 4 is 17.7 Å². The Hall–Kier alpha value is -1.82. The molecule has 2 heterocycles. The molecule has 1 aromatic heterocycles. The highest BCUT2D eigenvalue weighted by Gasteiger charge is 2.29. The average Bonchev–Trinajstić information content (AvgIpc) is 3.01. The summed E-state index contributed by atoms with van der Waals surface area (Å²) in [4.78, 5) is 14.6. The van der Waals surface area contributed by atoms with Crippen molar-refractivity contribution in [2.45, 2.75) is 64.3 Å². The number of aromatic nitrogens is 2. The number of carbonyl (C=O) groups is 1. The number of amides is 1. The number of likely N-dealkylation sites (tertiary alicyclic amines) is 1. The fourth-order valence-electron chi connectivity index (χ4n) is 3.59. The van der Waals surface area contributed by atoms with Crippen LogP contribution >= 0.6 is 11.8 Å². The molecular weight excluding hydrogens is 334 g/mol. The van der Waals surface area contributed by atoms with E-state index in [0.717, 1.165) is 29.5 Å². The summed E-state index contributed by atoms with van der Waals surface area (Å²) in [6, 6.07) is 6.78. The summed E-state index contributed by atoms with van der Waals surface area (Å²) in [5.74, 6) is 0.987. The molecule has 1 aromatic carbocycles. The minimum Gasteiger partial charge on any atom is -0.411 e. The third-order valence-corrected chi connectivity index (χ3v) is 5.48. The maximum atomic E-state index is 12.6. The van der Waals surface area contributed by atoms with E-state index in [2.05, 4.69) is 30.1 Å². The lowest BCUT2D eigenvalue weighted by molar-refractivity contribution is -0.134. The first-order chi connectivity index (χ1) is 11.9. The summed E-state index contributed by atoms with van der Waals surface area (Å²) in [7, 11) is 0. The second-order valence-electron chi connectivity index (χ2n) is 6.97. The highest BCUT2D eigenvalue weighted by atomic mass is 32.2. The molecule has 5 nitrogen and oxygen atoms in total. The molecule has 25 heavy (non-hydrogen) atoms. The zero-order chi connectivity index (χ0) is 18.0. The predicted molar refractivity (Wildman–Crippen MR) is 99.6 cm³/mol. The fourth-order valence-corrected chi connectivity index (χ4v) is 4.23. The molecule has 1 saturated heterocycles. The second kappa shape index (κ2) is 7.60. The number of benzene rings is 1. The van der Waals surface area contributed by atoms with E-state index in [-0.39, 0.29) is 5.91 Å². The predicted octanol–water partition coefficient (Wildman–Crippen LogP) is 4.24. The SMILES string of the molecule is Cc1cc(C)cc(-c2nnc(SCC(=O)N3[C@H](C)CCC[C@H]3C)o2)c1. The number of hydrogen-bond acceptors (Lipinski definition) is 5. The van der Waals surface area contributed by atoms with Crippen LogP contribution in [-0.2, 0) is 4.79 Å². The monoisotopic (exact) mass is 359 g/mol. The van der Waals surface area contributed by atoms with Crippen molar-refractivity contribution in [3.8, 4) is 11.5 Å². The van der Waals surface area contributed by atoms with Crippen molar-refractivity contribution < 1.29 is 9.21 Å². The Balaban J connectivity index is 1.64. The van der Waals surface area contributed by atoms with Gasteiger partial charge in [-0.1, -0.05) is 29.0 Å². The van der Waals surface area contributed by atoms with Crippen LogP contribution in [0, 0.1) is 13.8 Å². The number of hydrogen-bond donors (Lipinski definition) is 0. The standard InChI is InChI=1S/C19H25N3O2S/c1-12-8-13(2)10-16(9-12)18-20-21-19(24-18)25-11-17(23)22-14(3)6-5-7-15(22)4/h8-10,14-15H,5-7,11H2,1-4H3/t14-,15-/m1/s1. The highest BCUT2D eigenvalue weighted by Crippen LogP contribution is 2.27. The van der Waals surface area contributed by atoms with Crippen LogP contribution < -0.4 is 0 Å². The van der Waals surface area contributed by atoms with E-state index in [0.29, 0.717) is 29.0 Å². The van der Waals surface area contributed by atoms with E-state index in [1.807, 2.05) is 30.9 Å². The van der Waals surface area contributed by atoms with Crippen LogP contribution in [0.2, 0.25) is 0 Å². The second-order valence-corrected chi connectivity index (χ2v) is 7.89. The topological polar surface area (TPSA) is 59.2 Å². The Morgan fingerprint density at radius 1 is 1.16 bits per heavy atom. The van der Waals surface area contributed by atoms with Gasteiger partial charge in [0, 0.05) is 17.6 Å². The maximum absolute atomic E-state index is 12.6. The van der Waals surface area contributed by atoms with Gasteiger partial charge < -0.3 is 9.32 Å². The van der Waals surface area contributed by atoms with E-state index in [1.165, 1.54) is 18.2 Å². The van der Waals surface area contributed by atoms with E-state index < -0.39 is 0 Å². The van der Waals surface area contributed by atoms with Gasteiger partial charge in [0.05, 0.1) is 5.75 Å². The van der Waals surface area contributed by atoms with Crippen LogP contribution in [0.5, 0.6) is 0 Å². The Morgan fingerprint density at radius 3 is 2.44 bits per heavy atom. The molecule has 2 aromatic rings. The van der Waals surface area contributed by atoms with Gasteiger partial charge in [-0.05, 0) is 59.1 Å². The summed E-state index contributed by atoms with van der Waals surface area (Å²) in [5.41, 5.74) is 3.23. The van der Waals surface area contributed by atoms with Crippen molar-refractivity contribution in [3.05, 3.63) is 29.3 Å². The van der Waals surface area contributed by atoms with Gasteiger partial charge in [-0.3, -0.25) is 4.79 Å². The largest absolute Gasteiger partial charge is 0.411 e. The molecule has 6 heteroatoms. The van der Waals surface area contributed by atoms with Crippen LogP contribution in [0.25, 0.3) is 11.5 Å². The average molecular weight is 359 g/mol. The third-order valence-electron chi connectivity index (χ3n) is 4.68. The van der Waals surface area contributed by atoms with Gasteiger partial charge in [-0.2, -0.15) is 0 Å². The zero-order valence-electron chi connectivity index (χ0n) is 15.3. The lowest BCUT2D eigenvalue weighted by Crippen LogP contribution is -2.48. The third kappa shape index (κ3) is 4.24. The van der Waals surface area contributed by atoms with Gasteiger partial charge in [0.1, 0.15) is 0 Å². The summed E-state index contributed by atoms with van der Waals surface area (Å²) in [6.45, 7) is 8.34. The summed E-state index contributed by atoms with van der Waals surface area (Å²) in [5, 5.41) is 8.65. The number of piperidine rings is 1. The molecule has 0 radical (unpaired) electrons. The van der Waals surface area contributed by atoms with Gasteiger partial charge in [-0.15, -0.1) is 10.2 Å². The van der Waals surface area contributed by atoms with Crippen LogP contribution in [-0.4, -0.2) is 38.8 Å². The fraction of sp³-hybridized carbons (Fsp3) is 0.526. The quantitative estimate of drug-likeness (QED) is 0.764. The number of nitrogens with zero attached hydrogens (tertiary/aromatic N) is 3. The highest BCUT2D eigenvalue weighted by molar-refractivity contribution is 7.99.